The number of amides is 1. The minimum absolute atomic E-state index is 0.121. The number of hydrogen-bond donors (Lipinski definition) is 0. The number of rotatable bonds is 3. The molecule has 0 bridgehead atoms. The lowest BCUT2D eigenvalue weighted by atomic mass is 9.86. The fraction of sp³-hybridized carbons (Fsp3) is 0.923. The summed E-state index contributed by atoms with van der Waals surface area (Å²) in [5, 5.41) is 0. The molecule has 100 valence electrons. The van der Waals surface area contributed by atoms with E-state index in [0.29, 0.717) is 0 Å². The zero-order valence-corrected chi connectivity index (χ0v) is 11.0. The number of nitrogens with zero attached hydrogens (tertiary/aromatic N) is 1. The first-order valence-electron chi connectivity index (χ1n) is 6.62. The lowest BCUT2D eigenvalue weighted by Gasteiger charge is -2.29. The molecule has 0 aromatic heterocycles. The minimum Gasteiger partial charge on any atom is -0.447 e. The van der Waals surface area contributed by atoms with Crippen molar-refractivity contribution in [3.63, 3.8) is 0 Å². The summed E-state index contributed by atoms with van der Waals surface area (Å²) in [4.78, 5) is 13.3. The monoisotopic (exact) mass is 245 g/mol. The number of halogens is 1. The third kappa shape index (κ3) is 4.92. The normalized spacial score (nSPS) is 18.9. The molecule has 4 heteroatoms. The van der Waals surface area contributed by atoms with Crippen LogP contribution in [-0.2, 0) is 4.74 Å². The highest BCUT2D eigenvalue weighted by Gasteiger charge is 2.20. The van der Waals surface area contributed by atoms with Crippen LogP contribution in [0, 0.1) is 11.8 Å². The Bertz CT molecular complexity index is 223. The highest BCUT2D eigenvalue weighted by atomic mass is 19.1. The van der Waals surface area contributed by atoms with Crippen molar-refractivity contribution in [1.82, 2.24) is 4.90 Å². The predicted molar refractivity (Wildman–Crippen MR) is 65.7 cm³/mol. The van der Waals surface area contributed by atoms with Gasteiger partial charge in [0.2, 0.25) is 0 Å². The van der Waals surface area contributed by atoms with Crippen molar-refractivity contribution in [2.75, 3.05) is 26.4 Å². The van der Waals surface area contributed by atoms with Crippen molar-refractivity contribution in [2.45, 2.75) is 39.5 Å². The largest absolute Gasteiger partial charge is 0.447 e. The topological polar surface area (TPSA) is 29.5 Å². The molecule has 0 aliphatic carbocycles. The summed E-state index contributed by atoms with van der Waals surface area (Å²) in [7, 11) is 0. The van der Waals surface area contributed by atoms with Gasteiger partial charge in [0.25, 0.3) is 0 Å². The van der Waals surface area contributed by atoms with E-state index < -0.39 is 6.67 Å². The van der Waals surface area contributed by atoms with E-state index in [1.165, 1.54) is 12.8 Å². The fourth-order valence-corrected chi connectivity index (χ4v) is 2.41. The second-order valence-electron chi connectivity index (χ2n) is 5.08. The van der Waals surface area contributed by atoms with Gasteiger partial charge in [-0.05, 0) is 37.5 Å². The molecule has 0 N–H and O–H groups in total. The van der Waals surface area contributed by atoms with E-state index in [2.05, 4.69) is 13.8 Å². The summed E-state index contributed by atoms with van der Waals surface area (Å²) in [6, 6.07) is 0. The van der Waals surface area contributed by atoms with E-state index in [4.69, 9.17) is 4.74 Å². The number of ether oxygens (including phenoxy) is 1. The molecule has 0 aromatic carbocycles. The number of carbonyl (C=O) groups is 1. The average Bonchev–Trinajstić information content (AvgIpc) is 2.25. The second-order valence-corrected chi connectivity index (χ2v) is 5.08. The molecule has 1 amide bonds. The Hall–Kier alpha value is -0.800. The average molecular weight is 245 g/mol. The number of carbonyl (C=O) groups excluding carboxylic acids is 1. The third-order valence-corrected chi connectivity index (χ3v) is 3.51. The first kappa shape index (κ1) is 14.3. The van der Waals surface area contributed by atoms with Crippen LogP contribution < -0.4 is 0 Å². The summed E-state index contributed by atoms with van der Waals surface area (Å²) in [6.07, 6.45) is 4.03. The van der Waals surface area contributed by atoms with Crippen LogP contribution in [0.3, 0.4) is 0 Å². The van der Waals surface area contributed by atoms with Gasteiger partial charge in [-0.3, -0.25) is 0 Å². The highest BCUT2D eigenvalue weighted by molar-refractivity contribution is 5.67. The summed E-state index contributed by atoms with van der Waals surface area (Å²) < 4.78 is 16.7. The second kappa shape index (κ2) is 7.51. The van der Waals surface area contributed by atoms with Gasteiger partial charge < -0.3 is 9.64 Å². The quantitative estimate of drug-likeness (QED) is 0.764. The SMILES string of the molecule is CC(C)C1CCCN(C(=O)OCCF)CCC1. The van der Waals surface area contributed by atoms with Crippen LogP contribution >= 0.6 is 0 Å². The Morgan fingerprint density at radius 3 is 2.41 bits per heavy atom. The first-order valence-corrected chi connectivity index (χ1v) is 6.62. The molecule has 0 unspecified atom stereocenters. The molecular weight excluding hydrogens is 221 g/mol. The Kier molecular flexibility index (Phi) is 6.30. The first-order chi connectivity index (χ1) is 8.15. The van der Waals surface area contributed by atoms with E-state index in [1.54, 1.807) is 4.90 Å². The van der Waals surface area contributed by atoms with Crippen molar-refractivity contribution in [1.29, 1.82) is 0 Å². The Labute approximate surface area is 103 Å². The maximum atomic E-state index is 11.9. The molecule has 0 radical (unpaired) electrons. The van der Waals surface area contributed by atoms with Crippen LogP contribution in [-0.4, -0.2) is 37.4 Å². The molecule has 0 spiro atoms. The molecule has 0 saturated carbocycles. The fourth-order valence-electron chi connectivity index (χ4n) is 2.41. The van der Waals surface area contributed by atoms with Crippen LogP contribution in [0.1, 0.15) is 39.5 Å². The molecule has 1 rings (SSSR count). The van der Waals surface area contributed by atoms with Crippen molar-refractivity contribution in [2.24, 2.45) is 11.8 Å². The van der Waals surface area contributed by atoms with Crippen LogP contribution in [0.15, 0.2) is 0 Å². The van der Waals surface area contributed by atoms with E-state index in [-0.39, 0.29) is 12.7 Å². The lowest BCUT2D eigenvalue weighted by molar-refractivity contribution is 0.0901. The Balaban J connectivity index is 2.34. The van der Waals surface area contributed by atoms with Gasteiger partial charge in [-0.15, -0.1) is 0 Å². The zero-order chi connectivity index (χ0) is 12.7. The third-order valence-electron chi connectivity index (χ3n) is 3.51. The lowest BCUT2D eigenvalue weighted by Crippen LogP contribution is -2.35. The summed E-state index contributed by atoms with van der Waals surface area (Å²) >= 11 is 0. The summed E-state index contributed by atoms with van der Waals surface area (Å²) in [5.41, 5.74) is 0. The Morgan fingerprint density at radius 2 is 1.94 bits per heavy atom. The van der Waals surface area contributed by atoms with Crippen molar-refractivity contribution in [3.8, 4) is 0 Å². The summed E-state index contributed by atoms with van der Waals surface area (Å²) in [5.74, 6) is 1.50. The maximum absolute atomic E-state index is 11.9. The van der Waals surface area contributed by atoms with Crippen LogP contribution in [0.25, 0.3) is 0 Å². The molecule has 3 nitrogen and oxygen atoms in total. The molecule has 1 saturated heterocycles. The number of alkyl halides is 1. The molecule has 0 atom stereocenters. The highest BCUT2D eigenvalue weighted by Crippen LogP contribution is 2.25. The molecule has 17 heavy (non-hydrogen) atoms. The van der Waals surface area contributed by atoms with Gasteiger partial charge in [-0.25, -0.2) is 9.18 Å². The molecular formula is C13H24FNO2. The van der Waals surface area contributed by atoms with Gasteiger partial charge in [-0.1, -0.05) is 13.8 Å². The predicted octanol–water partition coefficient (Wildman–Crippen LogP) is 3.24. The number of hydrogen-bond acceptors (Lipinski definition) is 2. The van der Waals surface area contributed by atoms with E-state index >= 15 is 0 Å². The van der Waals surface area contributed by atoms with Gasteiger partial charge >= 0.3 is 6.09 Å². The maximum Gasteiger partial charge on any atom is 0.409 e. The number of likely N-dealkylation sites (tertiary alicyclic amines) is 1. The van der Waals surface area contributed by atoms with E-state index in [9.17, 15) is 9.18 Å². The van der Waals surface area contributed by atoms with Gasteiger partial charge in [-0.2, -0.15) is 0 Å². The van der Waals surface area contributed by atoms with Crippen LogP contribution in [0.2, 0.25) is 0 Å². The molecule has 0 aromatic rings. The smallest absolute Gasteiger partial charge is 0.409 e. The summed E-state index contributed by atoms with van der Waals surface area (Å²) in [6.45, 7) is 5.29. The van der Waals surface area contributed by atoms with E-state index in [0.717, 1.165) is 37.8 Å². The van der Waals surface area contributed by atoms with Gasteiger partial charge in [0.1, 0.15) is 13.3 Å². The zero-order valence-electron chi connectivity index (χ0n) is 11.0. The van der Waals surface area contributed by atoms with Gasteiger partial charge in [0.05, 0.1) is 0 Å². The van der Waals surface area contributed by atoms with Crippen molar-refractivity contribution >= 4 is 6.09 Å². The molecule has 1 aliphatic rings. The molecule has 1 fully saturated rings. The van der Waals surface area contributed by atoms with Crippen LogP contribution in [0.5, 0.6) is 0 Å². The van der Waals surface area contributed by atoms with Crippen molar-refractivity contribution < 1.29 is 13.9 Å². The van der Waals surface area contributed by atoms with E-state index in [1.807, 2.05) is 0 Å². The van der Waals surface area contributed by atoms with Gasteiger partial charge in [0.15, 0.2) is 0 Å². The van der Waals surface area contributed by atoms with Crippen LogP contribution in [0.4, 0.5) is 9.18 Å². The Morgan fingerprint density at radius 1 is 1.35 bits per heavy atom. The standard InChI is InChI=1S/C13H24FNO2/c1-11(2)12-5-3-8-15(9-4-6-12)13(16)17-10-7-14/h11-12H,3-10H2,1-2H3. The minimum atomic E-state index is -0.602. The van der Waals surface area contributed by atoms with Crippen molar-refractivity contribution in [3.05, 3.63) is 0 Å². The molecule has 1 heterocycles. The van der Waals surface area contributed by atoms with Gasteiger partial charge in [0, 0.05) is 13.1 Å². The molecule has 1 aliphatic heterocycles.